The first-order valence-corrected chi connectivity index (χ1v) is 12.9. The third kappa shape index (κ3) is 5.15. The predicted molar refractivity (Wildman–Crippen MR) is 129 cm³/mol. The van der Waals surface area contributed by atoms with Gasteiger partial charge in [0.25, 0.3) is 11.8 Å². The summed E-state index contributed by atoms with van der Waals surface area (Å²) in [7, 11) is 1.10. The minimum Gasteiger partial charge on any atom is -0.493 e. The summed E-state index contributed by atoms with van der Waals surface area (Å²) in [5.41, 5.74) is 6.37. The number of benzene rings is 2. The molecule has 1 unspecified atom stereocenters. The summed E-state index contributed by atoms with van der Waals surface area (Å²) in [4.78, 5) is 41.8. The van der Waals surface area contributed by atoms with Gasteiger partial charge in [0.05, 0.1) is 36.6 Å². The lowest BCUT2D eigenvalue weighted by Crippen LogP contribution is -2.38. The topological polar surface area (TPSA) is 136 Å². The molecule has 3 rings (SSSR count). The van der Waals surface area contributed by atoms with Crippen LogP contribution in [0, 0.1) is 0 Å². The number of primary amides is 1. The lowest BCUT2D eigenvalue weighted by atomic mass is 9.96. The first-order chi connectivity index (χ1) is 16.4. The van der Waals surface area contributed by atoms with E-state index in [1.54, 1.807) is 56.3 Å². The Bertz CT molecular complexity index is 1270. The smallest absolute Gasteiger partial charge is 0.262 e. The Labute approximate surface area is 204 Å². The standard InChI is InChI=1S/C24H29N3O7S/c1-6-34-19-12-14(10-11-18(19)33-4)17(13-35(5,31)32)27-23(29)16-9-7-8-15(20(16)24(27)30)21(22(25)28)26(2)3/h7-12,17,21H,6,13H2,1-5H3,(H2,25,28)/t17-,21?/m0/s1. The molecule has 0 radical (unpaired) electrons. The van der Waals surface area contributed by atoms with Crippen LogP contribution in [0.4, 0.5) is 0 Å². The number of nitrogens with two attached hydrogens (primary N) is 1. The van der Waals surface area contributed by atoms with Crippen molar-refractivity contribution in [1.82, 2.24) is 9.80 Å². The van der Waals surface area contributed by atoms with Crippen molar-refractivity contribution >= 4 is 27.6 Å². The normalized spacial score (nSPS) is 15.2. The molecule has 35 heavy (non-hydrogen) atoms. The number of imide groups is 1. The second kappa shape index (κ2) is 10.0. The molecule has 0 bridgehead atoms. The van der Waals surface area contributed by atoms with Crippen molar-refractivity contribution in [3.63, 3.8) is 0 Å². The van der Waals surface area contributed by atoms with Crippen molar-refractivity contribution in [2.75, 3.05) is 39.8 Å². The molecule has 2 aromatic rings. The van der Waals surface area contributed by atoms with Crippen molar-refractivity contribution in [1.29, 1.82) is 0 Å². The fourth-order valence-corrected chi connectivity index (χ4v) is 5.22. The highest BCUT2D eigenvalue weighted by Crippen LogP contribution is 2.39. The van der Waals surface area contributed by atoms with Crippen LogP contribution in [0.2, 0.25) is 0 Å². The molecule has 10 nitrogen and oxygen atoms in total. The van der Waals surface area contributed by atoms with Gasteiger partial charge in [-0.3, -0.25) is 24.2 Å². The maximum Gasteiger partial charge on any atom is 0.262 e. The van der Waals surface area contributed by atoms with Gasteiger partial charge >= 0.3 is 0 Å². The van der Waals surface area contributed by atoms with E-state index in [1.165, 1.54) is 13.2 Å². The number of methoxy groups -OCH3 is 1. The van der Waals surface area contributed by atoms with Gasteiger partial charge in [0.1, 0.15) is 15.9 Å². The van der Waals surface area contributed by atoms with E-state index in [2.05, 4.69) is 0 Å². The van der Waals surface area contributed by atoms with E-state index in [9.17, 15) is 22.8 Å². The number of likely N-dealkylation sites (N-methyl/N-ethyl adjacent to an activating group) is 1. The largest absolute Gasteiger partial charge is 0.493 e. The van der Waals surface area contributed by atoms with Crippen LogP contribution < -0.4 is 15.2 Å². The summed E-state index contributed by atoms with van der Waals surface area (Å²) >= 11 is 0. The highest BCUT2D eigenvalue weighted by molar-refractivity contribution is 7.90. The van der Waals surface area contributed by atoms with Crippen molar-refractivity contribution in [2.24, 2.45) is 5.73 Å². The SMILES string of the molecule is CCOc1cc([C@H](CS(C)(=O)=O)N2C(=O)c3cccc(C(C(N)=O)N(C)C)c3C2=O)ccc1OC. The summed E-state index contributed by atoms with van der Waals surface area (Å²) in [5.74, 6) is -1.77. The van der Waals surface area contributed by atoms with Crippen molar-refractivity contribution < 1.29 is 32.3 Å². The fourth-order valence-electron chi connectivity index (χ4n) is 4.30. The lowest BCUT2D eigenvalue weighted by molar-refractivity contribution is -0.122. The minimum atomic E-state index is -3.64. The van der Waals surface area contributed by atoms with Gasteiger partial charge in [-0.2, -0.15) is 0 Å². The van der Waals surface area contributed by atoms with Crippen molar-refractivity contribution in [3.05, 3.63) is 58.7 Å². The van der Waals surface area contributed by atoms with Crippen LogP contribution in [0.25, 0.3) is 0 Å². The van der Waals surface area contributed by atoms with Crippen LogP contribution in [0.3, 0.4) is 0 Å². The summed E-state index contributed by atoms with van der Waals surface area (Å²) in [5, 5.41) is 0. The van der Waals surface area contributed by atoms with Crippen LogP contribution in [-0.2, 0) is 14.6 Å². The number of sulfone groups is 1. The fraction of sp³-hybridized carbons (Fsp3) is 0.375. The number of carbonyl (C=O) groups is 3. The van der Waals surface area contributed by atoms with Crippen molar-refractivity contribution in [3.8, 4) is 11.5 Å². The van der Waals surface area contributed by atoms with E-state index < -0.39 is 45.4 Å². The van der Waals surface area contributed by atoms with E-state index in [0.29, 0.717) is 23.7 Å². The highest BCUT2D eigenvalue weighted by Gasteiger charge is 2.44. The molecule has 0 spiro atoms. The van der Waals surface area contributed by atoms with Gasteiger partial charge in [-0.05, 0) is 50.3 Å². The number of amides is 3. The Kier molecular flexibility index (Phi) is 7.51. The molecule has 1 aliphatic heterocycles. The van der Waals surface area contributed by atoms with Crippen LogP contribution in [-0.4, -0.2) is 75.8 Å². The average Bonchev–Trinajstić information content (AvgIpc) is 3.02. The molecule has 11 heteroatoms. The summed E-state index contributed by atoms with van der Waals surface area (Å²) in [6, 6.07) is 7.26. The number of rotatable bonds is 10. The number of fused-ring (bicyclic) bond motifs is 1. The predicted octanol–water partition coefficient (Wildman–Crippen LogP) is 1.56. The van der Waals surface area contributed by atoms with Crippen LogP contribution >= 0.6 is 0 Å². The molecule has 3 amide bonds. The monoisotopic (exact) mass is 503 g/mol. The van der Waals surface area contributed by atoms with Gasteiger partial charge in [0.2, 0.25) is 5.91 Å². The molecule has 188 valence electrons. The molecule has 2 atom stereocenters. The summed E-state index contributed by atoms with van der Waals surface area (Å²) < 4.78 is 35.7. The lowest BCUT2D eigenvalue weighted by Gasteiger charge is -2.27. The molecule has 0 saturated heterocycles. The van der Waals surface area contributed by atoms with E-state index in [-0.39, 0.29) is 16.7 Å². The first kappa shape index (κ1) is 26.2. The summed E-state index contributed by atoms with van der Waals surface area (Å²) in [6.07, 6.45) is 1.03. The number of hydrogen-bond acceptors (Lipinski definition) is 8. The second-order valence-electron chi connectivity index (χ2n) is 8.47. The highest BCUT2D eigenvalue weighted by atomic mass is 32.2. The zero-order chi connectivity index (χ0) is 26.1. The maximum atomic E-state index is 13.7. The minimum absolute atomic E-state index is 0.0343. The van der Waals surface area contributed by atoms with E-state index in [1.807, 2.05) is 0 Å². The molecular formula is C24H29N3O7S. The van der Waals surface area contributed by atoms with Crippen molar-refractivity contribution in [2.45, 2.75) is 19.0 Å². The Morgan fingerprint density at radius 1 is 1.11 bits per heavy atom. The van der Waals surface area contributed by atoms with Gasteiger partial charge < -0.3 is 15.2 Å². The van der Waals surface area contributed by atoms with Gasteiger partial charge in [0.15, 0.2) is 11.5 Å². The number of carbonyl (C=O) groups excluding carboxylic acids is 3. The third-order valence-corrected chi connectivity index (χ3v) is 6.62. The quantitative estimate of drug-likeness (QED) is 0.483. The molecular weight excluding hydrogens is 474 g/mol. The van der Waals surface area contributed by atoms with Crippen LogP contribution in [0.1, 0.15) is 50.9 Å². The molecule has 1 aliphatic rings. The maximum absolute atomic E-state index is 13.7. The molecule has 0 saturated carbocycles. The van der Waals surface area contributed by atoms with Crippen LogP contribution in [0.5, 0.6) is 11.5 Å². The van der Waals surface area contributed by atoms with Crippen LogP contribution in [0.15, 0.2) is 36.4 Å². The Balaban J connectivity index is 2.18. The van der Waals surface area contributed by atoms with Gasteiger partial charge in [-0.1, -0.05) is 18.2 Å². The number of ether oxygens (including phenoxy) is 2. The van der Waals surface area contributed by atoms with Gasteiger partial charge in [-0.25, -0.2) is 8.42 Å². The Morgan fingerprint density at radius 3 is 2.34 bits per heavy atom. The molecule has 1 heterocycles. The Hall–Kier alpha value is -3.44. The van der Waals surface area contributed by atoms with Gasteiger partial charge in [-0.15, -0.1) is 0 Å². The van der Waals surface area contributed by atoms with E-state index in [4.69, 9.17) is 15.2 Å². The first-order valence-electron chi connectivity index (χ1n) is 10.9. The molecule has 2 aromatic carbocycles. The van der Waals surface area contributed by atoms with E-state index >= 15 is 0 Å². The number of nitrogens with zero attached hydrogens (tertiary/aromatic N) is 2. The zero-order valence-corrected chi connectivity index (χ0v) is 21.1. The molecule has 0 fully saturated rings. The number of hydrogen-bond donors (Lipinski definition) is 1. The van der Waals surface area contributed by atoms with Gasteiger partial charge in [0, 0.05) is 6.26 Å². The van der Waals surface area contributed by atoms with E-state index in [0.717, 1.165) is 11.2 Å². The molecule has 0 aliphatic carbocycles. The third-order valence-electron chi connectivity index (χ3n) is 5.70. The zero-order valence-electron chi connectivity index (χ0n) is 20.3. The second-order valence-corrected chi connectivity index (χ2v) is 10.7. The summed E-state index contributed by atoms with van der Waals surface area (Å²) in [6.45, 7) is 2.11. The Morgan fingerprint density at radius 2 is 1.80 bits per heavy atom. The average molecular weight is 504 g/mol. The molecule has 2 N–H and O–H groups in total. The molecule has 0 aromatic heterocycles.